The van der Waals surface area contributed by atoms with Crippen molar-refractivity contribution in [3.63, 3.8) is 0 Å². The molecule has 2 saturated heterocycles. The summed E-state index contributed by atoms with van der Waals surface area (Å²) in [6.45, 7) is 7.38. The van der Waals surface area contributed by atoms with Gasteiger partial charge in [-0.2, -0.15) is 0 Å². The van der Waals surface area contributed by atoms with Gasteiger partial charge in [0.05, 0.1) is 10.0 Å². The molecule has 0 radical (unpaired) electrons. The van der Waals surface area contributed by atoms with E-state index in [0.717, 1.165) is 17.8 Å². The number of carbonyl (C=O) groups is 2. The van der Waals surface area contributed by atoms with Gasteiger partial charge in [-0.1, -0.05) is 23.7 Å². The fraction of sp³-hybridized carbons (Fsp3) is 0.444. The lowest BCUT2D eigenvalue weighted by molar-refractivity contribution is -0.146. The van der Waals surface area contributed by atoms with Crippen LogP contribution in [0.4, 0.5) is 5.95 Å². The van der Waals surface area contributed by atoms with Crippen LogP contribution in [0.3, 0.4) is 0 Å². The predicted molar refractivity (Wildman–Crippen MR) is 147 cm³/mol. The lowest BCUT2D eigenvalue weighted by Crippen LogP contribution is -2.51. The molecule has 1 aromatic carbocycles. The minimum Gasteiger partial charge on any atom is -0.476 e. The van der Waals surface area contributed by atoms with Crippen molar-refractivity contribution in [3.05, 3.63) is 63.8 Å². The average Bonchev–Trinajstić information content (AvgIpc) is 3.44. The van der Waals surface area contributed by atoms with Crippen LogP contribution >= 0.6 is 22.9 Å². The fourth-order valence-corrected chi connectivity index (χ4v) is 6.00. The molecule has 2 fully saturated rings. The number of ether oxygens (including phenoxy) is 1. The zero-order valence-electron chi connectivity index (χ0n) is 21.5. The standard InChI is InChI=1S/C27H31ClN6O3S/c1-27(2,37-22-7-4-3-6-20(22)28)25(36)33-12-8-19(9-13-33)23-31-21(18-38-23)24(35)32-14-16-34(17-15-32)26-29-10-5-11-30-26/h3-7,10-11,18-19H,8-9,12-17H2,1-2H3. The van der Waals surface area contributed by atoms with Gasteiger partial charge < -0.3 is 19.4 Å². The molecule has 2 amide bonds. The number of piperazine rings is 1. The van der Waals surface area contributed by atoms with Gasteiger partial charge in [-0.15, -0.1) is 11.3 Å². The second kappa shape index (κ2) is 11.2. The SMILES string of the molecule is CC(C)(Oc1ccccc1Cl)C(=O)N1CCC(c2nc(C(=O)N3CCN(c4ncccn4)CC3)cs2)CC1. The van der Waals surface area contributed by atoms with E-state index in [1.54, 1.807) is 44.4 Å². The van der Waals surface area contributed by atoms with Crippen molar-refractivity contribution in [3.8, 4) is 5.75 Å². The second-order valence-electron chi connectivity index (χ2n) is 10.0. The number of likely N-dealkylation sites (tertiary alicyclic amines) is 1. The number of para-hydroxylation sites is 1. The van der Waals surface area contributed by atoms with Gasteiger partial charge in [-0.25, -0.2) is 15.0 Å². The third-order valence-corrected chi connectivity index (χ3v) is 8.31. The first kappa shape index (κ1) is 26.4. The van der Waals surface area contributed by atoms with Gasteiger partial charge >= 0.3 is 0 Å². The number of hydrogen-bond acceptors (Lipinski definition) is 8. The molecule has 38 heavy (non-hydrogen) atoms. The summed E-state index contributed by atoms with van der Waals surface area (Å²) in [6.07, 6.45) is 5.05. The minimum atomic E-state index is -1.03. The highest BCUT2D eigenvalue weighted by Gasteiger charge is 2.37. The molecule has 5 rings (SSSR count). The Hall–Kier alpha value is -3.24. The van der Waals surface area contributed by atoms with Crippen LogP contribution in [-0.4, -0.2) is 81.4 Å². The van der Waals surface area contributed by atoms with E-state index in [-0.39, 0.29) is 17.7 Å². The molecule has 0 aliphatic carbocycles. The zero-order valence-corrected chi connectivity index (χ0v) is 23.1. The Kier molecular flexibility index (Phi) is 7.80. The van der Waals surface area contributed by atoms with Crippen LogP contribution in [-0.2, 0) is 4.79 Å². The highest BCUT2D eigenvalue weighted by atomic mass is 35.5. The Labute approximate surface area is 231 Å². The van der Waals surface area contributed by atoms with Crippen molar-refractivity contribution >= 4 is 40.7 Å². The van der Waals surface area contributed by atoms with E-state index in [1.807, 2.05) is 27.3 Å². The van der Waals surface area contributed by atoms with Gasteiger partial charge in [0.15, 0.2) is 5.60 Å². The van der Waals surface area contributed by atoms with Crippen molar-refractivity contribution in [2.24, 2.45) is 0 Å². The number of thiazole rings is 1. The van der Waals surface area contributed by atoms with Crippen LogP contribution in [0.15, 0.2) is 48.1 Å². The number of amides is 2. The molecule has 4 heterocycles. The molecule has 0 unspecified atom stereocenters. The summed E-state index contributed by atoms with van der Waals surface area (Å²) in [5, 5.41) is 3.30. The molecule has 2 aliphatic heterocycles. The summed E-state index contributed by atoms with van der Waals surface area (Å²) in [5.41, 5.74) is -0.530. The molecule has 0 atom stereocenters. The summed E-state index contributed by atoms with van der Waals surface area (Å²) in [5.74, 6) is 1.32. The molecule has 11 heteroatoms. The Balaban J connectivity index is 1.13. The van der Waals surface area contributed by atoms with Crippen LogP contribution in [0.1, 0.15) is 48.1 Å². The Morgan fingerprint density at radius 3 is 2.34 bits per heavy atom. The predicted octanol–water partition coefficient (Wildman–Crippen LogP) is 4.11. The topological polar surface area (TPSA) is 91.8 Å². The maximum atomic E-state index is 13.2. The first-order chi connectivity index (χ1) is 18.3. The number of halogens is 1. The summed E-state index contributed by atoms with van der Waals surface area (Å²) in [7, 11) is 0. The van der Waals surface area contributed by atoms with E-state index in [4.69, 9.17) is 21.3 Å². The maximum absolute atomic E-state index is 13.2. The minimum absolute atomic E-state index is 0.0350. The van der Waals surface area contributed by atoms with Crippen molar-refractivity contribution in [2.45, 2.75) is 38.2 Å². The lowest BCUT2D eigenvalue weighted by Gasteiger charge is -2.36. The third-order valence-electron chi connectivity index (χ3n) is 6.99. The van der Waals surface area contributed by atoms with Crippen LogP contribution in [0.2, 0.25) is 5.02 Å². The molecule has 2 aromatic heterocycles. The Morgan fingerprint density at radius 2 is 1.66 bits per heavy atom. The number of aromatic nitrogens is 3. The van der Waals surface area contributed by atoms with Gasteiger partial charge in [0, 0.05) is 63.0 Å². The van der Waals surface area contributed by atoms with Crippen LogP contribution in [0, 0.1) is 0 Å². The quantitative estimate of drug-likeness (QED) is 0.453. The Morgan fingerprint density at radius 1 is 0.974 bits per heavy atom. The van der Waals surface area contributed by atoms with Crippen LogP contribution in [0.25, 0.3) is 0 Å². The van der Waals surface area contributed by atoms with E-state index < -0.39 is 5.60 Å². The molecule has 3 aromatic rings. The molecule has 0 bridgehead atoms. The molecule has 0 saturated carbocycles. The van der Waals surface area contributed by atoms with Crippen molar-refractivity contribution in [1.82, 2.24) is 24.8 Å². The van der Waals surface area contributed by atoms with Crippen LogP contribution < -0.4 is 9.64 Å². The highest BCUT2D eigenvalue weighted by molar-refractivity contribution is 7.09. The van der Waals surface area contributed by atoms with Crippen LogP contribution in [0.5, 0.6) is 5.75 Å². The number of nitrogens with zero attached hydrogens (tertiary/aromatic N) is 6. The fourth-order valence-electron chi connectivity index (χ4n) is 4.86. The lowest BCUT2D eigenvalue weighted by atomic mass is 9.96. The smallest absolute Gasteiger partial charge is 0.273 e. The zero-order chi connectivity index (χ0) is 26.7. The monoisotopic (exact) mass is 554 g/mol. The Bertz CT molecular complexity index is 1270. The van der Waals surface area contributed by atoms with E-state index in [0.29, 0.717) is 61.7 Å². The van der Waals surface area contributed by atoms with Crippen molar-refractivity contribution < 1.29 is 14.3 Å². The van der Waals surface area contributed by atoms with Gasteiger partial charge in [-0.3, -0.25) is 9.59 Å². The first-order valence-electron chi connectivity index (χ1n) is 12.8. The number of hydrogen-bond donors (Lipinski definition) is 0. The molecule has 9 nitrogen and oxygen atoms in total. The largest absolute Gasteiger partial charge is 0.476 e. The molecule has 2 aliphatic rings. The van der Waals surface area contributed by atoms with Crippen molar-refractivity contribution in [2.75, 3.05) is 44.2 Å². The van der Waals surface area contributed by atoms with Gasteiger partial charge in [0.1, 0.15) is 11.4 Å². The summed E-state index contributed by atoms with van der Waals surface area (Å²) in [6, 6.07) is 8.97. The van der Waals surface area contributed by atoms with E-state index >= 15 is 0 Å². The summed E-state index contributed by atoms with van der Waals surface area (Å²) in [4.78, 5) is 45.5. The normalized spacial score (nSPS) is 17.0. The number of piperidine rings is 1. The molecular formula is C27H31ClN6O3S. The number of carbonyl (C=O) groups excluding carboxylic acids is 2. The third kappa shape index (κ3) is 5.76. The first-order valence-corrected chi connectivity index (χ1v) is 14.1. The molecular weight excluding hydrogens is 524 g/mol. The molecule has 0 spiro atoms. The van der Waals surface area contributed by atoms with Gasteiger partial charge in [0.25, 0.3) is 11.8 Å². The van der Waals surface area contributed by atoms with E-state index in [2.05, 4.69) is 14.9 Å². The summed E-state index contributed by atoms with van der Waals surface area (Å²) < 4.78 is 5.99. The number of rotatable bonds is 6. The molecule has 200 valence electrons. The maximum Gasteiger partial charge on any atom is 0.273 e. The van der Waals surface area contributed by atoms with E-state index in [9.17, 15) is 9.59 Å². The second-order valence-corrected chi connectivity index (χ2v) is 11.3. The number of benzene rings is 1. The average molecular weight is 555 g/mol. The highest BCUT2D eigenvalue weighted by Crippen LogP contribution is 2.33. The van der Waals surface area contributed by atoms with Crippen molar-refractivity contribution in [1.29, 1.82) is 0 Å². The summed E-state index contributed by atoms with van der Waals surface area (Å²) >= 11 is 7.76. The van der Waals surface area contributed by atoms with Gasteiger partial charge in [-0.05, 0) is 44.9 Å². The van der Waals surface area contributed by atoms with E-state index in [1.165, 1.54) is 11.3 Å². The molecule has 0 N–H and O–H groups in total. The number of anilines is 1. The van der Waals surface area contributed by atoms with Gasteiger partial charge in [0.2, 0.25) is 5.95 Å².